The van der Waals surface area contributed by atoms with Crippen LogP contribution in [-0.2, 0) is 10.0 Å². The molecule has 0 bridgehead atoms. The van der Waals surface area contributed by atoms with E-state index in [1.54, 1.807) is 18.2 Å². The molecule has 0 N–H and O–H groups in total. The predicted octanol–water partition coefficient (Wildman–Crippen LogP) is 4.69. The van der Waals surface area contributed by atoms with Gasteiger partial charge in [-0.2, -0.15) is 0 Å². The summed E-state index contributed by atoms with van der Waals surface area (Å²) in [5, 5.41) is 0.556. The van der Waals surface area contributed by atoms with Gasteiger partial charge in [-0.05, 0) is 0 Å². The number of sulfonamides is 1. The first kappa shape index (κ1) is 21.7. The van der Waals surface area contributed by atoms with Crippen molar-refractivity contribution in [1.29, 1.82) is 0 Å². The topological polar surface area (TPSA) is 54.5 Å². The molecule has 0 spiro atoms. The van der Waals surface area contributed by atoms with Crippen molar-refractivity contribution in [3.8, 4) is 11.1 Å². The maximum atomic E-state index is 13.4. The number of hydrogen-bond donors (Lipinski definition) is 0. The van der Waals surface area contributed by atoms with Gasteiger partial charge < -0.3 is 0 Å². The van der Waals surface area contributed by atoms with Gasteiger partial charge in [0.05, 0.1) is 0 Å². The number of rotatable bonds is 6. The molecule has 33 heavy (non-hydrogen) atoms. The summed E-state index contributed by atoms with van der Waals surface area (Å²) in [6.07, 6.45) is 0. The first-order valence-electron chi connectivity index (χ1n) is 10.6. The van der Waals surface area contributed by atoms with Gasteiger partial charge in [-0.15, -0.1) is 0 Å². The second kappa shape index (κ2) is 8.99. The Morgan fingerprint density at radius 2 is 1.27 bits per heavy atom. The molecule has 0 aromatic heterocycles. The summed E-state index contributed by atoms with van der Waals surface area (Å²) in [5.41, 5.74) is 3.20. The van der Waals surface area contributed by atoms with Crippen LogP contribution in [0.4, 0.5) is 0 Å². The van der Waals surface area contributed by atoms with E-state index in [2.05, 4.69) is 0 Å². The molecule has 0 saturated carbocycles. The van der Waals surface area contributed by atoms with E-state index in [0.29, 0.717) is 5.32 Å². The number of carbonyl (C=O) groups excluding carboxylic acids is 1. The number of hydrogen-bond acceptors (Lipinski definition) is 3. The Morgan fingerprint density at radius 3 is 1.94 bits per heavy atom. The molecule has 1 aliphatic rings. The van der Waals surface area contributed by atoms with E-state index < -0.39 is 22.0 Å². The number of carbonyl (C=O) groups is 1. The minimum absolute atomic E-state index is 0.00535. The molecule has 1 heterocycles. The van der Waals surface area contributed by atoms with Crippen molar-refractivity contribution in [2.75, 3.05) is 0 Å². The van der Waals surface area contributed by atoms with Gasteiger partial charge in [0.2, 0.25) is 0 Å². The van der Waals surface area contributed by atoms with Crippen LogP contribution >= 0.6 is 0 Å². The second-order valence-corrected chi connectivity index (χ2v) is 11.8. The number of fused-ring (bicyclic) bond motifs is 1. The van der Waals surface area contributed by atoms with Crippen LogP contribution in [0.25, 0.3) is 11.1 Å². The number of benzene rings is 4. The standard InChI is InChI=1S/C27H21NO3SSe/c29-27-24-13-7-8-14-26(24)32(30,31)28(27)25(19-33-23-11-5-2-6-12-23)22-17-15-21(16-18-22)20-9-3-1-4-10-20/h1-18,25H,19H2. The number of amides is 1. The molecule has 4 aromatic carbocycles. The molecule has 0 radical (unpaired) electrons. The monoisotopic (exact) mass is 519 g/mol. The molecule has 164 valence electrons. The van der Waals surface area contributed by atoms with E-state index in [1.165, 1.54) is 6.07 Å². The fourth-order valence-corrected chi connectivity index (χ4v) is 8.17. The van der Waals surface area contributed by atoms with Crippen molar-refractivity contribution in [3.63, 3.8) is 0 Å². The van der Waals surface area contributed by atoms with Crippen molar-refractivity contribution < 1.29 is 13.2 Å². The van der Waals surface area contributed by atoms with E-state index >= 15 is 0 Å². The Kier molecular flexibility index (Phi) is 5.90. The zero-order valence-corrected chi connectivity index (χ0v) is 20.2. The molecule has 6 heteroatoms. The summed E-state index contributed by atoms with van der Waals surface area (Å²) in [6.45, 7) is 0. The molecule has 1 aliphatic heterocycles. The van der Waals surface area contributed by atoms with Crippen LogP contribution in [0.3, 0.4) is 0 Å². The second-order valence-electron chi connectivity index (χ2n) is 7.73. The van der Waals surface area contributed by atoms with E-state index in [1.807, 2.05) is 84.9 Å². The van der Waals surface area contributed by atoms with Crippen LogP contribution in [0, 0.1) is 0 Å². The van der Waals surface area contributed by atoms with Crippen molar-refractivity contribution in [3.05, 3.63) is 120 Å². The number of nitrogens with zero attached hydrogens (tertiary/aromatic N) is 1. The molecule has 0 saturated heterocycles. The molecule has 4 nitrogen and oxygen atoms in total. The average molecular weight is 518 g/mol. The first-order chi connectivity index (χ1) is 16.1. The van der Waals surface area contributed by atoms with Gasteiger partial charge in [-0.1, -0.05) is 0 Å². The van der Waals surface area contributed by atoms with Crippen molar-refractivity contribution in [2.24, 2.45) is 0 Å². The Balaban J connectivity index is 1.53. The quantitative estimate of drug-likeness (QED) is 0.348. The van der Waals surface area contributed by atoms with Crippen molar-refractivity contribution in [2.45, 2.75) is 16.3 Å². The molecular formula is C27H21NO3SSe. The van der Waals surface area contributed by atoms with E-state index in [0.717, 1.165) is 25.5 Å². The average Bonchev–Trinajstić information content (AvgIpc) is 3.07. The van der Waals surface area contributed by atoms with E-state index in [4.69, 9.17) is 0 Å². The van der Waals surface area contributed by atoms with Crippen LogP contribution in [0.15, 0.2) is 114 Å². The summed E-state index contributed by atoms with van der Waals surface area (Å²) in [7, 11) is -3.92. The third-order valence-corrected chi connectivity index (χ3v) is 9.82. The van der Waals surface area contributed by atoms with Gasteiger partial charge in [-0.3, -0.25) is 0 Å². The van der Waals surface area contributed by atoms with Crippen molar-refractivity contribution >= 4 is 35.3 Å². The van der Waals surface area contributed by atoms with Crippen LogP contribution in [0.1, 0.15) is 22.0 Å². The van der Waals surface area contributed by atoms with E-state index in [-0.39, 0.29) is 25.4 Å². The zero-order chi connectivity index (χ0) is 22.8. The Bertz CT molecular complexity index is 1390. The van der Waals surface area contributed by atoms with Gasteiger partial charge in [0.1, 0.15) is 0 Å². The summed E-state index contributed by atoms with van der Waals surface area (Å²) in [4.78, 5) is 13.4. The Morgan fingerprint density at radius 1 is 0.697 bits per heavy atom. The summed E-state index contributed by atoms with van der Waals surface area (Å²) >= 11 is -0.00535. The first-order valence-corrected chi connectivity index (χ1v) is 14.1. The third kappa shape index (κ3) is 4.13. The van der Waals surface area contributed by atoms with E-state index in [9.17, 15) is 13.2 Å². The molecule has 0 aliphatic carbocycles. The zero-order valence-electron chi connectivity index (χ0n) is 17.7. The van der Waals surface area contributed by atoms with Crippen LogP contribution in [-0.4, -0.2) is 33.6 Å². The van der Waals surface area contributed by atoms with Gasteiger partial charge in [0.25, 0.3) is 0 Å². The molecule has 0 fully saturated rings. The Labute approximate surface area is 200 Å². The summed E-state index contributed by atoms with van der Waals surface area (Å²) in [5.74, 6) is -0.452. The normalized spacial score (nSPS) is 15.3. The minimum atomic E-state index is -3.92. The summed E-state index contributed by atoms with van der Waals surface area (Å²) < 4.78 is 29.1. The molecule has 4 aromatic rings. The molecule has 1 unspecified atom stereocenters. The van der Waals surface area contributed by atoms with Crippen LogP contribution in [0.5, 0.6) is 0 Å². The Hall–Kier alpha value is -3.18. The van der Waals surface area contributed by atoms with Gasteiger partial charge in [-0.25, -0.2) is 0 Å². The maximum absolute atomic E-state index is 13.4. The molecule has 5 rings (SSSR count). The molecule has 1 amide bonds. The van der Waals surface area contributed by atoms with Crippen LogP contribution < -0.4 is 4.46 Å². The molecular weight excluding hydrogens is 497 g/mol. The predicted molar refractivity (Wildman–Crippen MR) is 131 cm³/mol. The fourth-order valence-electron chi connectivity index (χ4n) is 4.03. The van der Waals surface area contributed by atoms with Gasteiger partial charge in [0, 0.05) is 0 Å². The summed E-state index contributed by atoms with van der Waals surface area (Å²) in [6, 6.07) is 33.8. The SMILES string of the molecule is O=C1c2ccccc2S(=O)(=O)N1C(C[Se]c1ccccc1)c1ccc(-c2ccccc2)cc1. The molecule has 1 atom stereocenters. The van der Waals surface area contributed by atoms with Gasteiger partial charge >= 0.3 is 201 Å². The van der Waals surface area contributed by atoms with Crippen molar-refractivity contribution in [1.82, 2.24) is 4.31 Å². The third-order valence-electron chi connectivity index (χ3n) is 5.69. The fraction of sp³-hybridized carbons (Fsp3) is 0.0741. The van der Waals surface area contributed by atoms with Gasteiger partial charge in [0.15, 0.2) is 0 Å². The van der Waals surface area contributed by atoms with Crippen LogP contribution in [0.2, 0.25) is 5.32 Å².